The van der Waals surface area contributed by atoms with Crippen LogP contribution in [-0.2, 0) is 83.2 Å². The van der Waals surface area contributed by atoms with E-state index in [1.807, 2.05) is 0 Å². The Kier molecular flexibility index (Phi) is 42.4. The molecular weight excluding hydrogens is 808 g/mol. The van der Waals surface area contributed by atoms with Gasteiger partial charge in [0, 0.05) is 0 Å². The van der Waals surface area contributed by atoms with Gasteiger partial charge in [0.1, 0.15) is 0 Å². The minimum atomic E-state index is -4.67. The van der Waals surface area contributed by atoms with E-state index in [1.165, 1.54) is 0 Å². The number of hydrogen-bond donors (Lipinski definition) is 16. The third-order valence-electron chi connectivity index (χ3n) is 0. The minimum absolute atomic E-state index is 0. The molecule has 0 aliphatic heterocycles. The van der Waals surface area contributed by atoms with Crippen LogP contribution in [0.25, 0.3) is 0 Å². The molecule has 0 saturated carbocycles. The van der Waals surface area contributed by atoms with Gasteiger partial charge in [-0.25, -0.2) is 0 Å². The van der Waals surface area contributed by atoms with Gasteiger partial charge < -0.3 is 0 Å². The molecule has 0 aromatic carbocycles. The van der Waals surface area contributed by atoms with Crippen LogP contribution in [0.3, 0.4) is 0 Å². The predicted octanol–water partition coefficient (Wildman–Crippen LogP) is -5.87. The van der Waals surface area contributed by atoms with E-state index in [0.717, 1.165) is 0 Å². The van der Waals surface area contributed by atoms with Crippen LogP contribution in [0.15, 0.2) is 0 Å². The quantitative estimate of drug-likeness (QED) is 0.0799. The summed E-state index contributed by atoms with van der Waals surface area (Å²) in [5, 5.41) is 0. The summed E-state index contributed by atoms with van der Waals surface area (Å²) in [6.45, 7) is 0. The van der Waals surface area contributed by atoms with Crippen molar-refractivity contribution in [1.29, 1.82) is 0 Å². The topological polar surface area (TPSA) is 597 Å². The van der Waals surface area contributed by atoms with Gasteiger partial charge in [0.2, 0.25) is 0 Å². The summed E-state index contributed by atoms with van der Waals surface area (Å²) in [5.41, 5.74) is 0. The Hall–Kier alpha value is 0.596. The molecule has 0 atom stereocenters. The van der Waals surface area contributed by atoms with Crippen molar-refractivity contribution in [2.75, 3.05) is 0 Å². The maximum absolute atomic E-state index is 8.74. The van der Waals surface area contributed by atoms with Gasteiger partial charge in [-0.15, -0.1) is 0 Å². The maximum atomic E-state index is 8.74. The zero-order valence-electron chi connectivity index (χ0n) is 17.0. The van der Waals surface area contributed by atoms with Crippen LogP contribution in [0, 0.1) is 0 Å². The first-order valence-electron chi connectivity index (χ1n) is 5.59. The Labute approximate surface area is 271 Å². The molecule has 0 aromatic heterocycles. The molecular formula is H17KO32S8. The number of hydrogen-bond acceptors (Lipinski definition) is 16. The van der Waals surface area contributed by atoms with E-state index in [9.17, 15) is 0 Å². The summed E-state index contributed by atoms with van der Waals surface area (Å²) >= 11 is 0. The molecule has 0 bridgehead atoms. The van der Waals surface area contributed by atoms with Crippen LogP contribution in [0.2, 0.25) is 0 Å². The van der Waals surface area contributed by atoms with Crippen LogP contribution in [0.4, 0.5) is 0 Å². The van der Waals surface area contributed by atoms with Gasteiger partial charge in [0.15, 0.2) is 0 Å². The van der Waals surface area contributed by atoms with Gasteiger partial charge >= 0.3 is 135 Å². The van der Waals surface area contributed by atoms with Crippen molar-refractivity contribution < 1.29 is 140 Å². The van der Waals surface area contributed by atoms with Gasteiger partial charge in [-0.05, 0) is 0 Å². The molecule has 41 heteroatoms. The molecule has 32 nitrogen and oxygen atoms in total. The standard InChI is InChI=1S/K.8H2O4S.H/c;8*1-5(2,3)4;/h;8*(H2,1,2,3,4);. The predicted molar refractivity (Wildman–Crippen MR) is 121 cm³/mol. The van der Waals surface area contributed by atoms with Crippen molar-refractivity contribution in [2.24, 2.45) is 0 Å². The summed E-state index contributed by atoms with van der Waals surface area (Å²) in [4.78, 5) is 0. The molecule has 0 unspecified atom stereocenters. The molecule has 0 spiro atoms. The van der Waals surface area contributed by atoms with Crippen LogP contribution in [-0.4, -0.2) is 192 Å². The van der Waals surface area contributed by atoms with Crippen molar-refractivity contribution >= 4 is 135 Å². The van der Waals surface area contributed by atoms with Crippen molar-refractivity contribution in [1.82, 2.24) is 0 Å². The fourth-order valence-electron chi connectivity index (χ4n) is 0. The van der Waals surface area contributed by atoms with Gasteiger partial charge in [-0.2, -0.15) is 67.3 Å². The SMILES string of the molecule is O=S(=O)(O)O.O=S(=O)(O)O.O=S(=O)(O)O.O=S(=O)(O)O.O=S(=O)(O)O.O=S(=O)(O)O.O=S(=O)(O)O.O=S(=O)(O)O.[KH]. The molecule has 0 saturated heterocycles. The van der Waals surface area contributed by atoms with E-state index in [-0.39, 0.29) is 51.4 Å². The van der Waals surface area contributed by atoms with Crippen molar-refractivity contribution in [2.45, 2.75) is 0 Å². The van der Waals surface area contributed by atoms with Gasteiger partial charge in [0.05, 0.1) is 0 Å². The van der Waals surface area contributed by atoms with E-state index in [0.29, 0.717) is 0 Å². The monoisotopic (exact) mass is 824 g/mol. The van der Waals surface area contributed by atoms with Crippen LogP contribution >= 0.6 is 0 Å². The molecule has 0 amide bonds. The second-order valence-corrected chi connectivity index (χ2v) is 10.7. The molecule has 41 heavy (non-hydrogen) atoms. The zero-order valence-corrected chi connectivity index (χ0v) is 23.5. The first-order valence-corrected chi connectivity index (χ1v) is 16.8. The van der Waals surface area contributed by atoms with Crippen molar-refractivity contribution in [3.05, 3.63) is 0 Å². The molecule has 0 aliphatic carbocycles. The van der Waals surface area contributed by atoms with E-state index >= 15 is 0 Å². The molecule has 258 valence electrons. The average Bonchev–Trinajstić information content (AvgIpc) is 2.16. The van der Waals surface area contributed by atoms with Crippen molar-refractivity contribution in [3.63, 3.8) is 0 Å². The van der Waals surface area contributed by atoms with Crippen LogP contribution in [0.5, 0.6) is 0 Å². The van der Waals surface area contributed by atoms with Gasteiger partial charge in [-0.3, -0.25) is 72.8 Å². The Morgan fingerprint density at radius 2 is 0.171 bits per heavy atom. The van der Waals surface area contributed by atoms with E-state index < -0.39 is 83.2 Å². The fourth-order valence-corrected chi connectivity index (χ4v) is 0. The Balaban J connectivity index is -0.0000000406. The molecule has 0 fully saturated rings. The van der Waals surface area contributed by atoms with E-state index in [2.05, 4.69) is 0 Å². The van der Waals surface area contributed by atoms with E-state index in [4.69, 9.17) is 140 Å². The molecule has 0 aromatic rings. The summed E-state index contributed by atoms with van der Waals surface area (Å²) in [6, 6.07) is 0. The van der Waals surface area contributed by atoms with Crippen LogP contribution in [0.1, 0.15) is 0 Å². The third kappa shape index (κ3) is 170000. The summed E-state index contributed by atoms with van der Waals surface area (Å²) in [7, 11) is -37.3. The second-order valence-electron chi connectivity index (χ2n) is 3.58. The first kappa shape index (κ1) is 64.5. The summed E-state index contributed by atoms with van der Waals surface area (Å²) in [6.07, 6.45) is 0. The second kappa shape index (κ2) is 27.0. The normalized spacial score (nSPS) is 11.3. The van der Waals surface area contributed by atoms with Crippen molar-refractivity contribution in [3.8, 4) is 0 Å². The Bertz CT molecular complexity index is 1060. The molecule has 0 heterocycles. The summed E-state index contributed by atoms with van der Waals surface area (Å²) < 4.78 is 253. The number of rotatable bonds is 0. The molecule has 0 radical (unpaired) electrons. The van der Waals surface area contributed by atoms with E-state index in [1.54, 1.807) is 0 Å². The molecule has 0 aliphatic rings. The first-order chi connectivity index (χ1) is 16.0. The van der Waals surface area contributed by atoms with Gasteiger partial charge in [-0.1, -0.05) is 0 Å². The Morgan fingerprint density at radius 3 is 0.171 bits per heavy atom. The molecule has 0 rings (SSSR count). The molecule has 16 N–H and O–H groups in total. The van der Waals surface area contributed by atoms with Crippen LogP contribution < -0.4 is 0 Å². The Morgan fingerprint density at radius 1 is 0.171 bits per heavy atom. The average molecular weight is 825 g/mol. The zero-order chi connectivity index (χ0) is 36.0. The summed E-state index contributed by atoms with van der Waals surface area (Å²) in [5.74, 6) is 0. The third-order valence-corrected chi connectivity index (χ3v) is 0. The fraction of sp³-hybridized carbons (Fsp3) is 0. The van der Waals surface area contributed by atoms with Gasteiger partial charge in [0.25, 0.3) is 0 Å².